The van der Waals surface area contributed by atoms with Gasteiger partial charge in [0, 0.05) is 36.5 Å². The molecule has 23 heavy (non-hydrogen) atoms. The molecular formula is C18H27N3O2. The number of allylic oxidation sites excluding steroid dienone is 1. The molecule has 1 aromatic rings. The smallest absolute Gasteiger partial charge is 0.249 e. The minimum absolute atomic E-state index is 0.110. The number of hydrogen-bond donors (Lipinski definition) is 1. The lowest BCUT2D eigenvalue weighted by Crippen LogP contribution is -2.39. The van der Waals surface area contributed by atoms with Gasteiger partial charge in [-0.05, 0) is 51.5 Å². The molecule has 0 unspecified atom stereocenters. The molecule has 2 aliphatic rings. The molecule has 5 heteroatoms. The highest BCUT2D eigenvalue weighted by Crippen LogP contribution is 2.31. The number of aliphatic hydroxyl groups is 1. The largest absolute Gasteiger partial charge is 0.394 e. The van der Waals surface area contributed by atoms with Gasteiger partial charge in [0.2, 0.25) is 5.91 Å². The molecule has 0 aromatic carbocycles. The number of likely N-dealkylation sites (tertiary alicyclic amines) is 1. The molecule has 1 saturated heterocycles. The normalized spacial score (nSPS) is 19.4. The van der Waals surface area contributed by atoms with Crippen LogP contribution in [0.15, 0.2) is 23.4 Å². The average Bonchev–Trinajstić information content (AvgIpc) is 3.26. The number of hydrogen-bond acceptors (Lipinski definition) is 3. The van der Waals surface area contributed by atoms with Crippen LogP contribution in [-0.2, 0) is 11.3 Å². The zero-order chi connectivity index (χ0) is 16.2. The number of aromatic nitrogens is 2. The number of carbonyl (C=O) groups is 1. The molecule has 0 atom stereocenters. The van der Waals surface area contributed by atoms with E-state index < -0.39 is 0 Å². The summed E-state index contributed by atoms with van der Waals surface area (Å²) in [7, 11) is 0. The van der Waals surface area contributed by atoms with Gasteiger partial charge in [0.15, 0.2) is 0 Å². The lowest BCUT2D eigenvalue weighted by Gasteiger charge is -2.32. The maximum Gasteiger partial charge on any atom is 0.249 e. The first-order chi connectivity index (χ1) is 11.2. The highest BCUT2D eigenvalue weighted by atomic mass is 16.3. The number of carbonyl (C=O) groups excluding carboxylic acids is 1. The van der Waals surface area contributed by atoms with Gasteiger partial charge in [-0.1, -0.05) is 5.57 Å². The molecule has 0 bridgehead atoms. The predicted molar refractivity (Wildman–Crippen MR) is 89.0 cm³/mol. The van der Waals surface area contributed by atoms with E-state index in [1.54, 1.807) is 6.20 Å². The van der Waals surface area contributed by atoms with E-state index in [9.17, 15) is 4.79 Å². The minimum atomic E-state index is 0.110. The average molecular weight is 317 g/mol. The van der Waals surface area contributed by atoms with Crippen LogP contribution >= 0.6 is 0 Å². The fourth-order valence-corrected chi connectivity index (χ4v) is 3.91. The number of piperidine rings is 1. The summed E-state index contributed by atoms with van der Waals surface area (Å²) >= 11 is 0. The Kier molecular flexibility index (Phi) is 5.16. The molecule has 0 radical (unpaired) electrons. The lowest BCUT2D eigenvalue weighted by atomic mass is 9.92. The lowest BCUT2D eigenvalue weighted by molar-refractivity contribution is -0.128. The minimum Gasteiger partial charge on any atom is -0.394 e. The van der Waals surface area contributed by atoms with Gasteiger partial charge >= 0.3 is 0 Å². The van der Waals surface area contributed by atoms with Crippen molar-refractivity contribution in [1.82, 2.24) is 14.7 Å². The Morgan fingerprint density at radius 1 is 1.30 bits per heavy atom. The van der Waals surface area contributed by atoms with Crippen molar-refractivity contribution in [3.05, 3.63) is 29.1 Å². The van der Waals surface area contributed by atoms with Crippen LogP contribution in [0.5, 0.6) is 0 Å². The van der Waals surface area contributed by atoms with E-state index >= 15 is 0 Å². The Bertz CT molecular complexity index is 575. The highest BCUT2D eigenvalue weighted by molar-refractivity contribution is 5.93. The van der Waals surface area contributed by atoms with E-state index in [-0.39, 0.29) is 12.5 Å². The Morgan fingerprint density at radius 3 is 2.65 bits per heavy atom. The fourth-order valence-electron chi connectivity index (χ4n) is 3.91. The predicted octanol–water partition coefficient (Wildman–Crippen LogP) is 2.47. The van der Waals surface area contributed by atoms with Crippen molar-refractivity contribution in [1.29, 1.82) is 0 Å². The van der Waals surface area contributed by atoms with Gasteiger partial charge in [0.1, 0.15) is 0 Å². The molecule has 3 rings (SSSR count). The standard InChI is InChI=1S/C18H27N3O2/c1-14(15-4-2-3-5-15)18(23)20-10-7-16(8-11-20)17-6-9-19-21(17)12-13-22/h6,9,16,22H,2-5,7-8,10-13H2,1H3. The Labute approximate surface area is 138 Å². The van der Waals surface area contributed by atoms with Gasteiger partial charge in [0.25, 0.3) is 0 Å². The van der Waals surface area contributed by atoms with E-state index in [1.165, 1.54) is 24.1 Å². The van der Waals surface area contributed by atoms with E-state index in [2.05, 4.69) is 5.10 Å². The first kappa shape index (κ1) is 16.2. The van der Waals surface area contributed by atoms with Crippen LogP contribution in [-0.4, -0.2) is 45.4 Å². The van der Waals surface area contributed by atoms with Gasteiger partial charge in [-0.25, -0.2) is 0 Å². The topological polar surface area (TPSA) is 58.4 Å². The molecule has 0 spiro atoms. The van der Waals surface area contributed by atoms with Crippen molar-refractivity contribution in [2.45, 2.75) is 57.9 Å². The molecule has 126 valence electrons. The van der Waals surface area contributed by atoms with Crippen molar-refractivity contribution >= 4 is 5.91 Å². The number of rotatable bonds is 4. The molecule has 5 nitrogen and oxygen atoms in total. The summed E-state index contributed by atoms with van der Waals surface area (Å²) < 4.78 is 1.90. The molecule has 1 aromatic heterocycles. The summed E-state index contributed by atoms with van der Waals surface area (Å²) in [6.07, 6.45) is 8.44. The van der Waals surface area contributed by atoms with Crippen molar-refractivity contribution in [2.75, 3.05) is 19.7 Å². The Morgan fingerprint density at radius 2 is 2.00 bits per heavy atom. The summed E-state index contributed by atoms with van der Waals surface area (Å²) in [5.41, 5.74) is 3.56. The maximum atomic E-state index is 12.7. The number of amides is 1. The molecule has 1 saturated carbocycles. The van der Waals surface area contributed by atoms with Gasteiger partial charge in [-0.15, -0.1) is 0 Å². The van der Waals surface area contributed by atoms with E-state index in [4.69, 9.17) is 5.11 Å². The third-order valence-electron chi connectivity index (χ3n) is 5.32. The van der Waals surface area contributed by atoms with Crippen LogP contribution < -0.4 is 0 Å². The summed E-state index contributed by atoms with van der Waals surface area (Å²) in [6.45, 7) is 4.30. The SMILES string of the molecule is CC(C(=O)N1CCC(c2ccnn2CCO)CC1)=C1CCCC1. The van der Waals surface area contributed by atoms with Crippen molar-refractivity contribution in [3.63, 3.8) is 0 Å². The first-order valence-corrected chi connectivity index (χ1v) is 8.81. The van der Waals surface area contributed by atoms with Crippen LogP contribution in [0.3, 0.4) is 0 Å². The summed E-state index contributed by atoms with van der Waals surface area (Å²) in [6, 6.07) is 2.05. The van der Waals surface area contributed by atoms with Crippen molar-refractivity contribution in [2.24, 2.45) is 0 Å². The van der Waals surface area contributed by atoms with Crippen LogP contribution in [0.1, 0.15) is 57.1 Å². The molecule has 2 fully saturated rings. The quantitative estimate of drug-likeness (QED) is 0.868. The summed E-state index contributed by atoms with van der Waals surface area (Å²) in [5, 5.41) is 13.4. The van der Waals surface area contributed by atoms with Gasteiger partial charge in [-0.2, -0.15) is 5.10 Å². The van der Waals surface area contributed by atoms with Gasteiger partial charge in [0.05, 0.1) is 13.2 Å². The molecule has 1 aliphatic carbocycles. The monoisotopic (exact) mass is 317 g/mol. The molecular weight excluding hydrogens is 290 g/mol. The second-order valence-corrected chi connectivity index (χ2v) is 6.70. The second kappa shape index (κ2) is 7.30. The zero-order valence-electron chi connectivity index (χ0n) is 14.0. The van der Waals surface area contributed by atoms with E-state index in [0.717, 1.165) is 44.3 Å². The maximum absolute atomic E-state index is 12.7. The summed E-state index contributed by atoms with van der Waals surface area (Å²) in [4.78, 5) is 14.7. The molecule has 1 N–H and O–H groups in total. The van der Waals surface area contributed by atoms with Crippen LogP contribution in [0.2, 0.25) is 0 Å². The first-order valence-electron chi connectivity index (χ1n) is 8.81. The van der Waals surface area contributed by atoms with Crippen molar-refractivity contribution in [3.8, 4) is 0 Å². The second-order valence-electron chi connectivity index (χ2n) is 6.70. The Hall–Kier alpha value is -1.62. The highest BCUT2D eigenvalue weighted by Gasteiger charge is 2.27. The number of nitrogens with zero attached hydrogens (tertiary/aromatic N) is 3. The van der Waals surface area contributed by atoms with Crippen molar-refractivity contribution < 1.29 is 9.90 Å². The molecule has 1 amide bonds. The third-order valence-corrected chi connectivity index (χ3v) is 5.32. The third kappa shape index (κ3) is 3.50. The van der Waals surface area contributed by atoms with E-state index in [0.29, 0.717) is 12.5 Å². The zero-order valence-corrected chi connectivity index (χ0v) is 14.0. The number of aliphatic hydroxyl groups excluding tert-OH is 1. The van der Waals surface area contributed by atoms with Crippen LogP contribution in [0, 0.1) is 0 Å². The Balaban J connectivity index is 1.61. The molecule has 2 heterocycles. The molecule has 1 aliphatic heterocycles. The van der Waals surface area contributed by atoms with Gasteiger partial charge in [-0.3, -0.25) is 9.48 Å². The fraction of sp³-hybridized carbons (Fsp3) is 0.667. The van der Waals surface area contributed by atoms with E-state index in [1.807, 2.05) is 22.6 Å². The van der Waals surface area contributed by atoms with Gasteiger partial charge < -0.3 is 10.0 Å². The van der Waals surface area contributed by atoms with Crippen LogP contribution in [0.4, 0.5) is 0 Å². The van der Waals surface area contributed by atoms with Crippen LogP contribution in [0.25, 0.3) is 0 Å². The summed E-state index contributed by atoms with van der Waals surface area (Å²) in [5.74, 6) is 0.678.